The van der Waals surface area contributed by atoms with Gasteiger partial charge in [0.15, 0.2) is 0 Å². The van der Waals surface area contributed by atoms with Gasteiger partial charge in [-0.1, -0.05) is 6.07 Å². The molecule has 0 spiro atoms. The highest BCUT2D eigenvalue weighted by molar-refractivity contribution is 7.89. The second-order valence-corrected chi connectivity index (χ2v) is 6.57. The SMILES string of the molecule is CCNc1ccncc1S(=O)(=O)NCc1cccs1. The first-order chi connectivity index (χ1) is 9.13. The van der Waals surface area contributed by atoms with Crippen molar-refractivity contribution in [2.75, 3.05) is 11.9 Å². The second-order valence-electron chi connectivity index (χ2n) is 3.81. The van der Waals surface area contributed by atoms with Crippen LogP contribution in [0.4, 0.5) is 5.69 Å². The van der Waals surface area contributed by atoms with Crippen molar-refractivity contribution in [3.63, 3.8) is 0 Å². The van der Waals surface area contributed by atoms with Gasteiger partial charge in [0.25, 0.3) is 0 Å². The number of anilines is 1. The van der Waals surface area contributed by atoms with E-state index in [1.54, 1.807) is 12.3 Å². The van der Waals surface area contributed by atoms with Crippen LogP contribution < -0.4 is 10.0 Å². The van der Waals surface area contributed by atoms with E-state index in [0.717, 1.165) is 4.88 Å². The zero-order valence-corrected chi connectivity index (χ0v) is 12.1. The zero-order chi connectivity index (χ0) is 13.7. The predicted molar refractivity (Wildman–Crippen MR) is 76.7 cm³/mol. The number of thiophene rings is 1. The van der Waals surface area contributed by atoms with Crippen LogP contribution in [0.3, 0.4) is 0 Å². The zero-order valence-electron chi connectivity index (χ0n) is 10.5. The highest BCUT2D eigenvalue weighted by Gasteiger charge is 2.18. The maximum absolute atomic E-state index is 12.2. The van der Waals surface area contributed by atoms with Crippen LogP contribution in [-0.2, 0) is 16.6 Å². The van der Waals surface area contributed by atoms with Gasteiger partial charge in [-0.25, -0.2) is 13.1 Å². The van der Waals surface area contributed by atoms with E-state index >= 15 is 0 Å². The van der Waals surface area contributed by atoms with E-state index in [-0.39, 0.29) is 4.90 Å². The summed E-state index contributed by atoms with van der Waals surface area (Å²) in [6.45, 7) is 2.85. The standard InChI is InChI=1S/C12H15N3O2S2/c1-2-14-11-5-6-13-9-12(11)19(16,17)15-8-10-4-3-7-18-10/h3-7,9,15H,2,8H2,1H3,(H,13,14). The van der Waals surface area contributed by atoms with Crippen molar-refractivity contribution in [3.8, 4) is 0 Å². The Morgan fingerprint density at radius 3 is 2.89 bits per heavy atom. The third-order valence-electron chi connectivity index (χ3n) is 2.46. The summed E-state index contributed by atoms with van der Waals surface area (Å²) in [4.78, 5) is 5.03. The van der Waals surface area contributed by atoms with Gasteiger partial charge in [0.05, 0.1) is 5.69 Å². The lowest BCUT2D eigenvalue weighted by Gasteiger charge is -2.11. The van der Waals surface area contributed by atoms with Gasteiger partial charge >= 0.3 is 0 Å². The molecule has 0 aliphatic heterocycles. The summed E-state index contributed by atoms with van der Waals surface area (Å²) in [6.07, 6.45) is 2.92. The summed E-state index contributed by atoms with van der Waals surface area (Å²) in [7, 11) is -3.56. The summed E-state index contributed by atoms with van der Waals surface area (Å²) in [5, 5.41) is 4.93. The molecule has 0 radical (unpaired) electrons. The molecule has 0 saturated heterocycles. The second kappa shape index (κ2) is 6.14. The Hall–Kier alpha value is -1.44. The van der Waals surface area contributed by atoms with Crippen LogP contribution in [0.2, 0.25) is 0 Å². The van der Waals surface area contributed by atoms with E-state index in [2.05, 4.69) is 15.0 Å². The molecule has 7 heteroatoms. The molecule has 0 atom stereocenters. The molecule has 0 saturated carbocycles. The minimum atomic E-state index is -3.56. The third-order valence-corrected chi connectivity index (χ3v) is 4.76. The van der Waals surface area contributed by atoms with Crippen molar-refractivity contribution in [1.82, 2.24) is 9.71 Å². The molecule has 0 aromatic carbocycles. The summed E-state index contributed by atoms with van der Waals surface area (Å²) in [5.41, 5.74) is 0.566. The average molecular weight is 297 g/mol. The smallest absolute Gasteiger partial charge is 0.244 e. The summed E-state index contributed by atoms with van der Waals surface area (Å²) in [5.74, 6) is 0. The Kier molecular flexibility index (Phi) is 4.52. The highest BCUT2D eigenvalue weighted by atomic mass is 32.2. The van der Waals surface area contributed by atoms with Crippen LogP contribution in [0.25, 0.3) is 0 Å². The average Bonchev–Trinajstić information content (AvgIpc) is 2.91. The Balaban J connectivity index is 2.19. The molecular formula is C12H15N3O2S2. The minimum absolute atomic E-state index is 0.174. The number of hydrogen-bond acceptors (Lipinski definition) is 5. The maximum Gasteiger partial charge on any atom is 0.244 e. The monoisotopic (exact) mass is 297 g/mol. The largest absolute Gasteiger partial charge is 0.384 e. The molecule has 2 aromatic heterocycles. The van der Waals surface area contributed by atoms with Crippen LogP contribution in [0.5, 0.6) is 0 Å². The number of nitrogens with one attached hydrogen (secondary N) is 2. The van der Waals surface area contributed by atoms with Gasteiger partial charge in [0.2, 0.25) is 10.0 Å². The number of pyridine rings is 1. The van der Waals surface area contributed by atoms with Crippen molar-refractivity contribution >= 4 is 27.0 Å². The molecule has 0 fully saturated rings. The van der Waals surface area contributed by atoms with Crippen molar-refractivity contribution in [2.24, 2.45) is 0 Å². The van der Waals surface area contributed by atoms with E-state index < -0.39 is 10.0 Å². The van der Waals surface area contributed by atoms with Crippen LogP contribution >= 0.6 is 11.3 Å². The lowest BCUT2D eigenvalue weighted by molar-refractivity contribution is 0.581. The van der Waals surface area contributed by atoms with Gasteiger partial charge in [-0.15, -0.1) is 11.3 Å². The van der Waals surface area contributed by atoms with E-state index in [1.165, 1.54) is 17.5 Å². The molecular weight excluding hydrogens is 282 g/mol. The summed E-state index contributed by atoms with van der Waals surface area (Å²) in [6, 6.07) is 5.44. The summed E-state index contributed by atoms with van der Waals surface area (Å²) >= 11 is 1.52. The Morgan fingerprint density at radius 1 is 1.37 bits per heavy atom. The Bertz CT molecular complexity index is 624. The van der Waals surface area contributed by atoms with E-state index in [4.69, 9.17) is 0 Å². The first-order valence-corrected chi connectivity index (χ1v) is 8.19. The predicted octanol–water partition coefficient (Wildman–Crippen LogP) is 2.05. The number of sulfonamides is 1. The third kappa shape index (κ3) is 3.52. The molecule has 2 aromatic rings. The van der Waals surface area contributed by atoms with Gasteiger partial charge in [0, 0.05) is 30.4 Å². The number of nitrogens with zero attached hydrogens (tertiary/aromatic N) is 1. The quantitative estimate of drug-likeness (QED) is 0.856. The lowest BCUT2D eigenvalue weighted by atomic mass is 10.4. The highest BCUT2D eigenvalue weighted by Crippen LogP contribution is 2.19. The fourth-order valence-corrected chi connectivity index (χ4v) is 3.45. The van der Waals surface area contributed by atoms with Crippen LogP contribution in [0, 0.1) is 0 Å². The molecule has 0 amide bonds. The van der Waals surface area contributed by atoms with Gasteiger partial charge in [-0.2, -0.15) is 0 Å². The molecule has 0 aliphatic carbocycles. The molecule has 0 unspecified atom stereocenters. The van der Waals surface area contributed by atoms with E-state index in [1.807, 2.05) is 24.4 Å². The van der Waals surface area contributed by atoms with Gasteiger partial charge in [-0.05, 0) is 24.4 Å². The molecule has 0 aliphatic rings. The van der Waals surface area contributed by atoms with Crippen molar-refractivity contribution in [3.05, 3.63) is 40.8 Å². The molecule has 19 heavy (non-hydrogen) atoms. The number of hydrogen-bond donors (Lipinski definition) is 2. The molecule has 2 heterocycles. The molecule has 0 bridgehead atoms. The van der Waals surface area contributed by atoms with Gasteiger partial charge in [-0.3, -0.25) is 4.98 Å². The van der Waals surface area contributed by atoms with E-state index in [0.29, 0.717) is 18.8 Å². The number of aromatic nitrogens is 1. The van der Waals surface area contributed by atoms with Gasteiger partial charge in [0.1, 0.15) is 4.90 Å². The van der Waals surface area contributed by atoms with Gasteiger partial charge < -0.3 is 5.32 Å². The maximum atomic E-state index is 12.2. The normalized spacial score (nSPS) is 11.4. The Morgan fingerprint density at radius 2 is 2.21 bits per heavy atom. The summed E-state index contributed by atoms with van der Waals surface area (Å²) < 4.78 is 27.1. The molecule has 5 nitrogen and oxygen atoms in total. The Labute approximate surface area is 116 Å². The minimum Gasteiger partial charge on any atom is -0.384 e. The molecule has 2 rings (SSSR count). The topological polar surface area (TPSA) is 71.1 Å². The van der Waals surface area contributed by atoms with E-state index in [9.17, 15) is 8.42 Å². The van der Waals surface area contributed by atoms with Crippen LogP contribution in [0.15, 0.2) is 40.9 Å². The lowest BCUT2D eigenvalue weighted by Crippen LogP contribution is -2.24. The first-order valence-electron chi connectivity index (χ1n) is 5.83. The van der Waals surface area contributed by atoms with Crippen LogP contribution in [-0.4, -0.2) is 19.9 Å². The molecule has 102 valence electrons. The molecule has 2 N–H and O–H groups in total. The number of rotatable bonds is 6. The fourth-order valence-electron chi connectivity index (χ4n) is 1.59. The fraction of sp³-hybridized carbons (Fsp3) is 0.250. The van der Waals surface area contributed by atoms with Crippen molar-refractivity contribution in [2.45, 2.75) is 18.4 Å². The first kappa shape index (κ1) is 14.0. The van der Waals surface area contributed by atoms with Crippen molar-refractivity contribution < 1.29 is 8.42 Å². The van der Waals surface area contributed by atoms with Crippen LogP contribution in [0.1, 0.15) is 11.8 Å². The van der Waals surface area contributed by atoms with Crippen molar-refractivity contribution in [1.29, 1.82) is 0 Å².